The van der Waals surface area contributed by atoms with Gasteiger partial charge in [-0.05, 0) is 50.6 Å². The molecule has 28 heavy (non-hydrogen) atoms. The average molecular weight is 402 g/mol. The summed E-state index contributed by atoms with van der Waals surface area (Å²) in [5.74, 6) is 1.74. The topological polar surface area (TPSA) is 61.8 Å². The predicted octanol–water partition coefficient (Wildman–Crippen LogP) is 3.00. The molecule has 2 heterocycles. The second-order valence-electron chi connectivity index (χ2n) is 7.03. The lowest BCUT2D eigenvalue weighted by Gasteiger charge is -2.29. The molecule has 0 amide bonds. The van der Waals surface area contributed by atoms with Crippen molar-refractivity contribution >= 4 is 17.3 Å². The van der Waals surface area contributed by atoms with Crippen molar-refractivity contribution in [3.63, 3.8) is 0 Å². The fourth-order valence-electron chi connectivity index (χ4n) is 3.58. The second kappa shape index (κ2) is 10.4. The highest BCUT2D eigenvalue weighted by atomic mass is 32.1. The predicted molar refractivity (Wildman–Crippen MR) is 116 cm³/mol. The van der Waals surface area contributed by atoms with Crippen LogP contribution in [0.2, 0.25) is 0 Å². The number of aromatic nitrogens is 1. The van der Waals surface area contributed by atoms with Crippen LogP contribution in [-0.4, -0.2) is 56.2 Å². The highest BCUT2D eigenvalue weighted by Crippen LogP contribution is 2.27. The fraction of sp³-hybridized carbons (Fsp3) is 0.524. The van der Waals surface area contributed by atoms with Crippen LogP contribution >= 0.6 is 11.3 Å². The number of ether oxygens (including phenoxy) is 1. The van der Waals surface area contributed by atoms with E-state index >= 15 is 0 Å². The third-order valence-corrected chi connectivity index (χ3v) is 6.02. The van der Waals surface area contributed by atoms with Gasteiger partial charge >= 0.3 is 0 Å². The number of nitrogens with one attached hydrogen (secondary N) is 2. The van der Waals surface area contributed by atoms with Crippen molar-refractivity contribution in [1.82, 2.24) is 20.5 Å². The van der Waals surface area contributed by atoms with Gasteiger partial charge in [0.05, 0.1) is 18.2 Å². The first-order valence-electron chi connectivity index (χ1n) is 9.93. The number of hydrogen-bond donors (Lipinski definition) is 2. The number of rotatable bonds is 8. The van der Waals surface area contributed by atoms with Gasteiger partial charge in [0.15, 0.2) is 5.96 Å². The Bertz CT molecular complexity index is 770. The highest BCUT2D eigenvalue weighted by molar-refractivity contribution is 7.11. The number of guanidine groups is 1. The number of likely N-dealkylation sites (tertiary alicyclic amines) is 1. The summed E-state index contributed by atoms with van der Waals surface area (Å²) >= 11 is 1.75. The number of nitrogens with zero attached hydrogens (tertiary/aromatic N) is 3. The number of methoxy groups -OCH3 is 1. The van der Waals surface area contributed by atoms with Crippen molar-refractivity contribution in [1.29, 1.82) is 0 Å². The molecule has 0 bridgehead atoms. The van der Waals surface area contributed by atoms with Crippen molar-refractivity contribution < 1.29 is 4.74 Å². The normalized spacial score (nSPS) is 16.2. The third kappa shape index (κ3) is 5.69. The van der Waals surface area contributed by atoms with Gasteiger partial charge in [-0.25, -0.2) is 4.98 Å². The molecule has 0 aliphatic carbocycles. The summed E-state index contributed by atoms with van der Waals surface area (Å²) in [7, 11) is 3.54. The maximum atomic E-state index is 5.43. The second-order valence-corrected chi connectivity index (χ2v) is 8.35. The molecule has 1 saturated heterocycles. The Morgan fingerprint density at radius 1 is 1.32 bits per heavy atom. The molecule has 0 radical (unpaired) electrons. The molecule has 0 saturated carbocycles. The summed E-state index contributed by atoms with van der Waals surface area (Å²) in [5, 5.41) is 8.08. The smallest absolute Gasteiger partial charge is 0.191 e. The first-order valence-corrected chi connectivity index (χ1v) is 10.7. The third-order valence-electron chi connectivity index (χ3n) is 5.05. The molecule has 1 unspecified atom stereocenters. The van der Waals surface area contributed by atoms with E-state index in [9.17, 15) is 0 Å². The standard InChI is InChI=1S/C21H31N5OS/c1-16-14-24-20(28-16)9-10-23-21(22-2)25-15-19(26-11-4-5-12-26)17-7-6-8-18(13-17)27-3/h6-8,13-14,19H,4-5,9-12,15H2,1-3H3,(H2,22,23,25). The average Bonchev–Trinajstić information content (AvgIpc) is 3.39. The fourth-order valence-corrected chi connectivity index (χ4v) is 4.37. The van der Waals surface area contributed by atoms with E-state index in [0.717, 1.165) is 49.3 Å². The van der Waals surface area contributed by atoms with Gasteiger partial charge in [-0.3, -0.25) is 9.89 Å². The zero-order valence-corrected chi connectivity index (χ0v) is 17.9. The van der Waals surface area contributed by atoms with E-state index in [0.29, 0.717) is 6.04 Å². The van der Waals surface area contributed by atoms with Crippen LogP contribution in [0.25, 0.3) is 0 Å². The lowest BCUT2D eigenvalue weighted by molar-refractivity contribution is 0.245. The van der Waals surface area contributed by atoms with Crippen molar-refractivity contribution in [2.45, 2.75) is 32.2 Å². The SMILES string of the molecule is CN=C(NCCc1ncc(C)s1)NCC(c1cccc(OC)c1)N1CCCC1. The molecule has 7 heteroatoms. The van der Waals surface area contributed by atoms with Gasteiger partial charge in [-0.2, -0.15) is 0 Å². The first-order chi connectivity index (χ1) is 13.7. The molecule has 6 nitrogen and oxygen atoms in total. The minimum atomic E-state index is 0.303. The Hall–Kier alpha value is -2.12. The summed E-state index contributed by atoms with van der Waals surface area (Å²) in [6.45, 7) is 5.99. The molecule has 1 aromatic heterocycles. The van der Waals surface area contributed by atoms with E-state index < -0.39 is 0 Å². The van der Waals surface area contributed by atoms with Crippen molar-refractivity contribution in [2.24, 2.45) is 4.99 Å². The maximum Gasteiger partial charge on any atom is 0.191 e. The number of thiazole rings is 1. The molecular formula is C21H31N5OS. The van der Waals surface area contributed by atoms with Crippen LogP contribution < -0.4 is 15.4 Å². The van der Waals surface area contributed by atoms with E-state index in [1.54, 1.807) is 18.4 Å². The Labute approximate surface area is 172 Å². The Morgan fingerprint density at radius 2 is 2.14 bits per heavy atom. The highest BCUT2D eigenvalue weighted by Gasteiger charge is 2.24. The molecule has 2 aromatic rings. The zero-order chi connectivity index (χ0) is 19.8. The summed E-state index contributed by atoms with van der Waals surface area (Å²) in [6, 6.07) is 8.71. The van der Waals surface area contributed by atoms with Crippen LogP contribution in [0.4, 0.5) is 0 Å². The lowest BCUT2D eigenvalue weighted by Crippen LogP contribution is -2.43. The van der Waals surface area contributed by atoms with Gasteiger partial charge in [0.2, 0.25) is 0 Å². The summed E-state index contributed by atoms with van der Waals surface area (Å²) in [4.78, 5) is 12.6. The first kappa shape index (κ1) is 20.6. The molecule has 1 aliphatic rings. The molecule has 2 N–H and O–H groups in total. The minimum Gasteiger partial charge on any atom is -0.497 e. The van der Waals surface area contributed by atoms with Crippen molar-refractivity contribution in [3.05, 3.63) is 45.9 Å². The van der Waals surface area contributed by atoms with Gasteiger partial charge in [0, 0.05) is 37.6 Å². The van der Waals surface area contributed by atoms with Crippen LogP contribution in [0.3, 0.4) is 0 Å². The van der Waals surface area contributed by atoms with Gasteiger partial charge < -0.3 is 15.4 Å². The van der Waals surface area contributed by atoms with E-state index in [-0.39, 0.29) is 0 Å². The van der Waals surface area contributed by atoms with Gasteiger partial charge in [-0.15, -0.1) is 11.3 Å². The lowest BCUT2D eigenvalue weighted by atomic mass is 10.1. The molecule has 152 valence electrons. The molecule has 0 spiro atoms. The summed E-state index contributed by atoms with van der Waals surface area (Å²) < 4.78 is 5.43. The van der Waals surface area contributed by atoms with Crippen LogP contribution in [0, 0.1) is 6.92 Å². The summed E-state index contributed by atoms with van der Waals surface area (Å²) in [6.07, 6.45) is 5.37. The zero-order valence-electron chi connectivity index (χ0n) is 17.1. The largest absolute Gasteiger partial charge is 0.497 e. The van der Waals surface area contributed by atoms with Gasteiger partial charge in [0.1, 0.15) is 5.75 Å². The minimum absolute atomic E-state index is 0.303. The van der Waals surface area contributed by atoms with Crippen molar-refractivity contribution in [3.8, 4) is 5.75 Å². The quantitative estimate of drug-likeness (QED) is 0.526. The molecule has 1 aliphatic heterocycles. The number of aryl methyl sites for hydroxylation is 1. The number of benzene rings is 1. The van der Waals surface area contributed by atoms with Crippen LogP contribution in [0.1, 0.15) is 34.3 Å². The Kier molecular flexibility index (Phi) is 7.68. The monoisotopic (exact) mass is 401 g/mol. The van der Waals surface area contributed by atoms with Crippen molar-refractivity contribution in [2.75, 3.05) is 40.3 Å². The van der Waals surface area contributed by atoms with Crippen LogP contribution in [-0.2, 0) is 6.42 Å². The van der Waals surface area contributed by atoms with E-state index in [2.05, 4.69) is 50.6 Å². The Morgan fingerprint density at radius 3 is 2.82 bits per heavy atom. The van der Waals surface area contributed by atoms with E-state index in [4.69, 9.17) is 4.74 Å². The van der Waals surface area contributed by atoms with E-state index in [1.165, 1.54) is 23.3 Å². The molecule has 1 atom stereocenters. The van der Waals surface area contributed by atoms with E-state index in [1.807, 2.05) is 19.3 Å². The molecule has 3 rings (SSSR count). The number of aliphatic imine (C=N–C) groups is 1. The molecular weight excluding hydrogens is 370 g/mol. The summed E-state index contributed by atoms with van der Waals surface area (Å²) in [5.41, 5.74) is 1.28. The Balaban J connectivity index is 1.58. The van der Waals surface area contributed by atoms with Crippen LogP contribution in [0.15, 0.2) is 35.5 Å². The maximum absolute atomic E-state index is 5.43. The number of hydrogen-bond acceptors (Lipinski definition) is 5. The molecule has 1 fully saturated rings. The van der Waals surface area contributed by atoms with Gasteiger partial charge in [0.25, 0.3) is 0 Å². The van der Waals surface area contributed by atoms with Crippen LogP contribution in [0.5, 0.6) is 5.75 Å². The molecule has 1 aromatic carbocycles. The van der Waals surface area contributed by atoms with Gasteiger partial charge in [-0.1, -0.05) is 12.1 Å².